The molecule has 9 nitrogen and oxygen atoms in total. The van der Waals surface area contributed by atoms with Gasteiger partial charge in [-0.25, -0.2) is 4.79 Å². The van der Waals surface area contributed by atoms with E-state index < -0.39 is 24.0 Å². The van der Waals surface area contributed by atoms with Gasteiger partial charge in [-0.2, -0.15) is 0 Å². The first kappa shape index (κ1) is 25.5. The number of benzene rings is 1. The summed E-state index contributed by atoms with van der Waals surface area (Å²) in [5.41, 5.74) is 0.820. The number of piperazine rings is 1. The molecule has 0 radical (unpaired) electrons. The number of carbonyl (C=O) groups is 4. The van der Waals surface area contributed by atoms with Crippen LogP contribution in [-0.2, 0) is 30.3 Å². The minimum Gasteiger partial charge on any atom is -0.497 e. The van der Waals surface area contributed by atoms with Crippen LogP contribution in [0.2, 0.25) is 0 Å². The number of hydrogen-bond acceptors (Lipinski definition) is 6. The molecule has 3 rings (SSSR count). The monoisotopic (exact) mass is 473 g/mol. The molecule has 0 bridgehead atoms. The Labute approximate surface area is 200 Å². The summed E-state index contributed by atoms with van der Waals surface area (Å²) in [6, 6.07) is 5.42. The molecule has 2 unspecified atom stereocenters. The average molecular weight is 474 g/mol. The fraction of sp³-hybridized carbons (Fsp3) is 0.600. The Morgan fingerprint density at radius 1 is 1.03 bits per heavy atom. The van der Waals surface area contributed by atoms with Crippen molar-refractivity contribution in [2.24, 2.45) is 5.92 Å². The molecule has 0 aromatic heterocycles. The van der Waals surface area contributed by atoms with Crippen molar-refractivity contribution in [2.45, 2.75) is 57.5 Å². The minimum atomic E-state index is -0.926. The second kappa shape index (κ2) is 11.9. The van der Waals surface area contributed by atoms with E-state index in [1.165, 1.54) is 14.0 Å². The van der Waals surface area contributed by atoms with Gasteiger partial charge in [-0.1, -0.05) is 31.4 Å². The summed E-state index contributed by atoms with van der Waals surface area (Å²) in [6.45, 7) is 2.25. The normalized spacial score (nSPS) is 19.8. The second-order valence-corrected chi connectivity index (χ2v) is 8.98. The molecule has 1 heterocycles. The van der Waals surface area contributed by atoms with Gasteiger partial charge in [0, 0.05) is 32.4 Å². The molecule has 34 heavy (non-hydrogen) atoms. The van der Waals surface area contributed by atoms with Gasteiger partial charge in [-0.15, -0.1) is 0 Å². The summed E-state index contributed by atoms with van der Waals surface area (Å²) in [4.78, 5) is 54.4. The highest BCUT2D eigenvalue weighted by molar-refractivity contribution is 5.92. The zero-order valence-corrected chi connectivity index (χ0v) is 20.2. The van der Waals surface area contributed by atoms with Crippen molar-refractivity contribution in [3.63, 3.8) is 0 Å². The van der Waals surface area contributed by atoms with Crippen LogP contribution in [0, 0.1) is 5.92 Å². The van der Waals surface area contributed by atoms with E-state index in [9.17, 15) is 19.2 Å². The van der Waals surface area contributed by atoms with E-state index in [2.05, 4.69) is 5.32 Å². The topological polar surface area (TPSA) is 105 Å². The number of carbonyl (C=O) groups excluding carboxylic acids is 4. The molecular weight excluding hydrogens is 438 g/mol. The van der Waals surface area contributed by atoms with Gasteiger partial charge < -0.3 is 24.6 Å². The lowest BCUT2D eigenvalue weighted by atomic mass is 9.87. The summed E-state index contributed by atoms with van der Waals surface area (Å²) < 4.78 is 10.1. The summed E-state index contributed by atoms with van der Waals surface area (Å²) in [5, 5.41) is 2.79. The molecular formula is C25H35N3O6. The first-order valence-electron chi connectivity index (χ1n) is 11.9. The van der Waals surface area contributed by atoms with Gasteiger partial charge in [-0.05, 0) is 30.5 Å². The van der Waals surface area contributed by atoms with Crippen LogP contribution in [0.5, 0.6) is 5.75 Å². The Kier molecular flexibility index (Phi) is 8.90. The molecule has 1 saturated carbocycles. The van der Waals surface area contributed by atoms with Crippen LogP contribution in [0.3, 0.4) is 0 Å². The molecule has 1 aromatic rings. The van der Waals surface area contributed by atoms with Gasteiger partial charge in [0.25, 0.3) is 0 Å². The highest BCUT2D eigenvalue weighted by atomic mass is 16.5. The molecule has 0 spiro atoms. The van der Waals surface area contributed by atoms with Gasteiger partial charge in [0.05, 0.1) is 20.8 Å². The highest BCUT2D eigenvalue weighted by Crippen LogP contribution is 2.27. The van der Waals surface area contributed by atoms with E-state index in [0.717, 1.165) is 37.7 Å². The Morgan fingerprint density at radius 3 is 2.29 bits per heavy atom. The van der Waals surface area contributed by atoms with Crippen LogP contribution < -0.4 is 10.1 Å². The van der Waals surface area contributed by atoms with Crippen molar-refractivity contribution >= 4 is 23.7 Å². The van der Waals surface area contributed by atoms with E-state index >= 15 is 0 Å². The number of methoxy groups -OCH3 is 2. The fourth-order valence-electron chi connectivity index (χ4n) is 4.74. The third kappa shape index (κ3) is 6.27. The van der Waals surface area contributed by atoms with Crippen molar-refractivity contribution in [2.75, 3.05) is 33.9 Å². The lowest BCUT2D eigenvalue weighted by Crippen LogP contribution is -2.63. The molecule has 1 saturated heterocycles. The molecule has 3 amide bonds. The van der Waals surface area contributed by atoms with E-state index in [4.69, 9.17) is 9.47 Å². The lowest BCUT2D eigenvalue weighted by Gasteiger charge is -2.42. The number of amides is 3. The van der Waals surface area contributed by atoms with Crippen LogP contribution in [0.15, 0.2) is 24.3 Å². The van der Waals surface area contributed by atoms with E-state index in [-0.39, 0.29) is 30.7 Å². The smallest absolute Gasteiger partial charge is 0.328 e. The van der Waals surface area contributed by atoms with Crippen molar-refractivity contribution < 1.29 is 28.7 Å². The summed E-state index contributed by atoms with van der Waals surface area (Å²) in [7, 11) is 2.84. The van der Waals surface area contributed by atoms with Gasteiger partial charge in [-0.3, -0.25) is 14.4 Å². The first-order valence-corrected chi connectivity index (χ1v) is 11.9. The third-order valence-corrected chi connectivity index (χ3v) is 6.77. The molecule has 9 heteroatoms. The van der Waals surface area contributed by atoms with E-state index in [1.54, 1.807) is 29.0 Å². The van der Waals surface area contributed by atoms with Crippen LogP contribution >= 0.6 is 0 Å². The molecule has 1 aliphatic heterocycles. The number of ether oxygens (including phenoxy) is 2. The molecule has 2 aliphatic rings. The first-order chi connectivity index (χ1) is 16.3. The molecule has 2 atom stereocenters. The fourth-order valence-corrected chi connectivity index (χ4v) is 4.74. The van der Waals surface area contributed by atoms with Crippen molar-refractivity contribution in [1.82, 2.24) is 15.1 Å². The number of rotatable bonds is 7. The van der Waals surface area contributed by atoms with Crippen LogP contribution in [0.25, 0.3) is 0 Å². The quantitative estimate of drug-likeness (QED) is 0.603. The molecule has 186 valence electrons. The number of nitrogens with zero attached hydrogens (tertiary/aromatic N) is 2. The summed E-state index contributed by atoms with van der Waals surface area (Å²) in [6.07, 6.45) is 5.00. The van der Waals surface area contributed by atoms with Gasteiger partial charge in [0.1, 0.15) is 17.8 Å². The molecule has 1 N–H and O–H groups in total. The van der Waals surface area contributed by atoms with E-state index in [1.807, 2.05) is 12.1 Å². The predicted molar refractivity (Wildman–Crippen MR) is 125 cm³/mol. The van der Waals surface area contributed by atoms with Crippen LogP contribution in [-0.4, -0.2) is 79.4 Å². The third-order valence-electron chi connectivity index (χ3n) is 6.77. The van der Waals surface area contributed by atoms with Gasteiger partial charge >= 0.3 is 5.97 Å². The largest absolute Gasteiger partial charge is 0.497 e. The predicted octanol–water partition coefficient (Wildman–Crippen LogP) is 1.54. The summed E-state index contributed by atoms with van der Waals surface area (Å²) >= 11 is 0. The molecule has 1 aromatic carbocycles. The maximum absolute atomic E-state index is 13.4. The van der Waals surface area contributed by atoms with Crippen LogP contribution in [0.1, 0.15) is 44.6 Å². The number of hydrogen-bond donors (Lipinski definition) is 1. The average Bonchev–Trinajstić information content (AvgIpc) is 2.87. The molecule has 1 aliphatic carbocycles. The Balaban J connectivity index is 1.77. The molecule has 2 fully saturated rings. The highest BCUT2D eigenvalue weighted by Gasteiger charge is 2.40. The summed E-state index contributed by atoms with van der Waals surface area (Å²) in [5.74, 6) is -0.625. The zero-order valence-electron chi connectivity index (χ0n) is 20.2. The Bertz CT molecular complexity index is 881. The van der Waals surface area contributed by atoms with Crippen molar-refractivity contribution in [1.29, 1.82) is 0 Å². The lowest BCUT2D eigenvalue weighted by molar-refractivity contribution is -0.153. The van der Waals surface area contributed by atoms with Gasteiger partial charge in [0.15, 0.2) is 0 Å². The minimum absolute atomic E-state index is 0.0344. The maximum Gasteiger partial charge on any atom is 0.328 e. The SMILES string of the molecule is COC(=O)C(Cc1ccc(OC)cc1)NC(=O)C1CN(C(C)=O)CCN1C(=O)C1CCCCC1. The Hall–Kier alpha value is -3.10. The number of nitrogens with one attached hydrogen (secondary N) is 1. The van der Waals surface area contributed by atoms with Crippen LogP contribution in [0.4, 0.5) is 0 Å². The maximum atomic E-state index is 13.4. The van der Waals surface area contributed by atoms with Crippen molar-refractivity contribution in [3.05, 3.63) is 29.8 Å². The standard InChI is InChI=1S/C25H35N3O6/c1-17(29)27-13-14-28(24(31)19-7-5-4-6-8-19)22(16-27)23(30)26-21(25(32)34-3)15-18-9-11-20(33-2)12-10-18/h9-12,19,21-22H,4-8,13-16H2,1-3H3,(H,26,30). The van der Waals surface area contributed by atoms with E-state index in [0.29, 0.717) is 18.8 Å². The van der Waals surface area contributed by atoms with Crippen molar-refractivity contribution in [3.8, 4) is 5.75 Å². The number of esters is 1. The van der Waals surface area contributed by atoms with Gasteiger partial charge in [0.2, 0.25) is 17.7 Å². The zero-order chi connectivity index (χ0) is 24.7. The second-order valence-electron chi connectivity index (χ2n) is 8.98. The Morgan fingerprint density at radius 2 is 1.71 bits per heavy atom.